The third-order valence-corrected chi connectivity index (χ3v) is 4.77. The largest absolute Gasteiger partial charge is 0.478 e. The van der Waals surface area contributed by atoms with Crippen molar-refractivity contribution in [1.82, 2.24) is 0 Å². The maximum atomic E-state index is 12.9. The van der Waals surface area contributed by atoms with Gasteiger partial charge in [0, 0.05) is 5.92 Å². The fraction of sp³-hybridized carbons (Fsp3) is 0.500. The summed E-state index contributed by atoms with van der Waals surface area (Å²) in [6.45, 7) is 10.7. The predicted octanol–water partition coefficient (Wildman–Crippen LogP) is 6.83. The van der Waals surface area contributed by atoms with Crippen molar-refractivity contribution < 1.29 is 23.5 Å². The number of hydrogen-bond donors (Lipinski definition) is 1. The zero-order chi connectivity index (χ0) is 22.6. The van der Waals surface area contributed by atoms with Crippen LogP contribution in [0.4, 0.5) is 8.78 Å². The number of ketones is 1. The molecular formula is C24H34F2O3. The van der Waals surface area contributed by atoms with Crippen molar-refractivity contribution in [2.75, 3.05) is 0 Å². The Bertz CT molecular complexity index is 722. The molecule has 0 radical (unpaired) electrons. The molecule has 162 valence electrons. The fourth-order valence-electron chi connectivity index (χ4n) is 2.38. The maximum absolute atomic E-state index is 12.9. The van der Waals surface area contributed by atoms with E-state index in [1.165, 1.54) is 19.1 Å². The Kier molecular flexibility index (Phi) is 12.7. The molecule has 0 aliphatic heterocycles. The molecule has 0 bridgehead atoms. The van der Waals surface area contributed by atoms with Gasteiger partial charge < -0.3 is 5.11 Å². The number of aliphatic carboxylic acids is 1. The SMILES string of the molecule is CCC/C=C/C(=C\C=C(/C)C(F)F)C(/C=C(/C(=O)O)C(=O)C(C)CC)=C(/C)CC. The van der Waals surface area contributed by atoms with Gasteiger partial charge in [-0.3, -0.25) is 4.79 Å². The van der Waals surface area contributed by atoms with Crippen molar-refractivity contribution >= 4 is 11.8 Å². The number of alkyl halides is 2. The Hall–Kier alpha value is -2.30. The van der Waals surface area contributed by atoms with E-state index < -0.39 is 24.1 Å². The molecule has 1 N–H and O–H groups in total. The molecule has 0 aromatic carbocycles. The number of carbonyl (C=O) groups is 2. The molecule has 0 fully saturated rings. The van der Waals surface area contributed by atoms with Crippen molar-refractivity contribution in [3.8, 4) is 0 Å². The van der Waals surface area contributed by atoms with Crippen LogP contribution in [0.25, 0.3) is 0 Å². The highest BCUT2D eigenvalue weighted by atomic mass is 19.3. The van der Waals surface area contributed by atoms with E-state index >= 15 is 0 Å². The fourth-order valence-corrected chi connectivity index (χ4v) is 2.38. The van der Waals surface area contributed by atoms with Gasteiger partial charge in [0.05, 0.1) is 0 Å². The van der Waals surface area contributed by atoms with E-state index in [9.17, 15) is 23.5 Å². The molecule has 1 atom stereocenters. The molecule has 0 spiro atoms. The lowest BCUT2D eigenvalue weighted by Crippen LogP contribution is -2.19. The quantitative estimate of drug-likeness (QED) is 0.167. The van der Waals surface area contributed by atoms with Gasteiger partial charge in [-0.05, 0) is 55.9 Å². The summed E-state index contributed by atoms with van der Waals surface area (Å²) >= 11 is 0. The zero-order valence-electron chi connectivity index (χ0n) is 18.4. The summed E-state index contributed by atoms with van der Waals surface area (Å²) in [4.78, 5) is 24.4. The summed E-state index contributed by atoms with van der Waals surface area (Å²) in [6, 6.07) is 0. The summed E-state index contributed by atoms with van der Waals surface area (Å²) in [5, 5.41) is 9.62. The van der Waals surface area contributed by atoms with Gasteiger partial charge in [-0.2, -0.15) is 0 Å². The lowest BCUT2D eigenvalue weighted by atomic mass is 9.91. The maximum Gasteiger partial charge on any atom is 0.339 e. The van der Waals surface area contributed by atoms with E-state index in [1.807, 2.05) is 33.8 Å². The van der Waals surface area contributed by atoms with Crippen molar-refractivity contribution in [2.24, 2.45) is 5.92 Å². The van der Waals surface area contributed by atoms with E-state index in [0.717, 1.165) is 18.4 Å². The van der Waals surface area contributed by atoms with Gasteiger partial charge in [-0.1, -0.05) is 64.0 Å². The molecule has 0 aromatic heterocycles. The number of carboxylic acids is 1. The van der Waals surface area contributed by atoms with Crippen LogP contribution in [0.1, 0.15) is 67.2 Å². The molecule has 5 heteroatoms. The van der Waals surface area contributed by atoms with E-state index in [1.54, 1.807) is 19.1 Å². The van der Waals surface area contributed by atoms with Crippen LogP contribution >= 0.6 is 0 Å². The molecule has 0 heterocycles. The van der Waals surface area contributed by atoms with Crippen LogP contribution in [0.3, 0.4) is 0 Å². The van der Waals surface area contributed by atoms with E-state index in [4.69, 9.17) is 0 Å². The number of allylic oxidation sites excluding steroid dienone is 9. The van der Waals surface area contributed by atoms with Crippen LogP contribution < -0.4 is 0 Å². The van der Waals surface area contributed by atoms with Crippen LogP contribution in [-0.2, 0) is 9.59 Å². The second-order valence-electron chi connectivity index (χ2n) is 7.11. The van der Waals surface area contributed by atoms with Crippen LogP contribution in [0, 0.1) is 5.92 Å². The van der Waals surface area contributed by atoms with Crippen LogP contribution in [0.2, 0.25) is 0 Å². The lowest BCUT2D eigenvalue weighted by molar-refractivity contribution is -0.135. The highest BCUT2D eigenvalue weighted by molar-refractivity contribution is 6.17. The van der Waals surface area contributed by atoms with Gasteiger partial charge in [0.25, 0.3) is 6.43 Å². The van der Waals surface area contributed by atoms with Crippen LogP contribution in [-0.4, -0.2) is 23.3 Å². The molecule has 3 nitrogen and oxygen atoms in total. The Morgan fingerprint density at radius 2 is 1.69 bits per heavy atom. The molecule has 1 unspecified atom stereocenters. The first-order valence-electron chi connectivity index (χ1n) is 10.1. The average Bonchev–Trinajstić information content (AvgIpc) is 2.69. The molecule has 0 saturated carbocycles. The number of hydrogen-bond acceptors (Lipinski definition) is 2. The Balaban J connectivity index is 6.63. The number of unbranched alkanes of at least 4 members (excludes halogenated alkanes) is 1. The van der Waals surface area contributed by atoms with Crippen molar-refractivity contribution in [3.63, 3.8) is 0 Å². The van der Waals surface area contributed by atoms with Gasteiger partial charge in [0.1, 0.15) is 5.57 Å². The topological polar surface area (TPSA) is 54.4 Å². The second-order valence-corrected chi connectivity index (χ2v) is 7.11. The second kappa shape index (κ2) is 13.8. The van der Waals surface area contributed by atoms with Crippen LogP contribution in [0.5, 0.6) is 0 Å². The number of Topliss-reactive ketones (excluding diaryl/α,β-unsaturated/α-hetero) is 1. The Morgan fingerprint density at radius 1 is 1.07 bits per heavy atom. The number of rotatable bonds is 12. The highest BCUT2D eigenvalue weighted by Gasteiger charge is 2.23. The number of halogens is 2. The van der Waals surface area contributed by atoms with Crippen molar-refractivity contribution in [2.45, 2.75) is 73.7 Å². The van der Waals surface area contributed by atoms with E-state index in [0.29, 0.717) is 24.0 Å². The summed E-state index contributed by atoms with van der Waals surface area (Å²) in [5.74, 6) is -2.13. The van der Waals surface area contributed by atoms with Gasteiger partial charge in [0.15, 0.2) is 5.78 Å². The number of carbonyl (C=O) groups excluding carboxylic acids is 1. The standard InChI is InChI=1S/C24H34F2O3/c1-7-10-11-12-19(14-13-18(6)23(25)26)20(16(4)8-2)15-21(24(28)29)22(27)17(5)9-3/h11-15,17,23H,7-10H2,1-6H3,(H,28,29)/b12-11+,18-13+,19-14+,20-16-,21-15+. The summed E-state index contributed by atoms with van der Waals surface area (Å²) in [7, 11) is 0. The molecule has 0 aliphatic carbocycles. The first kappa shape index (κ1) is 26.7. The third kappa shape index (κ3) is 9.16. The molecule has 0 aromatic rings. The monoisotopic (exact) mass is 408 g/mol. The summed E-state index contributed by atoms with van der Waals surface area (Å²) in [5.41, 5.74) is 1.68. The van der Waals surface area contributed by atoms with Crippen LogP contribution in [0.15, 0.2) is 58.2 Å². The zero-order valence-corrected chi connectivity index (χ0v) is 18.4. The summed E-state index contributed by atoms with van der Waals surface area (Å²) in [6.07, 6.45) is 8.33. The van der Waals surface area contributed by atoms with Gasteiger partial charge in [-0.15, -0.1) is 0 Å². The molecule has 0 amide bonds. The lowest BCUT2D eigenvalue weighted by Gasteiger charge is -2.13. The minimum Gasteiger partial charge on any atom is -0.478 e. The van der Waals surface area contributed by atoms with Crippen molar-refractivity contribution in [3.05, 3.63) is 58.2 Å². The first-order valence-corrected chi connectivity index (χ1v) is 10.1. The number of carboxylic acid groups (broad SMARTS) is 1. The molecule has 0 saturated heterocycles. The molecule has 29 heavy (non-hydrogen) atoms. The van der Waals surface area contributed by atoms with Gasteiger partial charge in [-0.25, -0.2) is 13.6 Å². The Morgan fingerprint density at radius 3 is 2.14 bits per heavy atom. The average molecular weight is 409 g/mol. The predicted molar refractivity (Wildman–Crippen MR) is 115 cm³/mol. The first-order chi connectivity index (χ1) is 13.6. The summed E-state index contributed by atoms with van der Waals surface area (Å²) < 4.78 is 25.8. The van der Waals surface area contributed by atoms with Gasteiger partial charge in [0.2, 0.25) is 0 Å². The normalized spacial score (nSPS) is 15.7. The van der Waals surface area contributed by atoms with E-state index in [-0.39, 0.29) is 11.1 Å². The highest BCUT2D eigenvalue weighted by Crippen LogP contribution is 2.24. The molecule has 0 aliphatic rings. The smallest absolute Gasteiger partial charge is 0.339 e. The minimum absolute atomic E-state index is 0.0852. The Labute approximate surface area is 173 Å². The molecule has 0 rings (SSSR count). The van der Waals surface area contributed by atoms with E-state index in [2.05, 4.69) is 0 Å². The third-order valence-electron chi connectivity index (χ3n) is 4.77. The van der Waals surface area contributed by atoms with Gasteiger partial charge >= 0.3 is 5.97 Å². The minimum atomic E-state index is -2.57. The van der Waals surface area contributed by atoms with Crippen molar-refractivity contribution in [1.29, 1.82) is 0 Å². The molecular weight excluding hydrogens is 374 g/mol.